The molecular formula is C26H25ClN3O2+. The average molecular weight is 447 g/mol. The largest absolute Gasteiger partial charge is 0.278 e. The summed E-state index contributed by atoms with van der Waals surface area (Å²) in [6.07, 6.45) is 0.617. The number of rotatable bonds is 7. The van der Waals surface area contributed by atoms with Crippen LogP contribution in [0.1, 0.15) is 34.2 Å². The van der Waals surface area contributed by atoms with Crippen LogP contribution < -0.4 is 4.57 Å². The zero-order valence-electron chi connectivity index (χ0n) is 18.2. The summed E-state index contributed by atoms with van der Waals surface area (Å²) in [6.45, 7) is 5.37. The van der Waals surface area contributed by atoms with Gasteiger partial charge < -0.3 is 0 Å². The fourth-order valence-corrected chi connectivity index (χ4v) is 4.27. The summed E-state index contributed by atoms with van der Waals surface area (Å²) in [5, 5.41) is 0.645. The van der Waals surface area contributed by atoms with E-state index < -0.39 is 0 Å². The van der Waals surface area contributed by atoms with Gasteiger partial charge in [0.2, 0.25) is 6.41 Å². The van der Waals surface area contributed by atoms with E-state index >= 15 is 0 Å². The number of fused-ring (bicyclic) bond motifs is 1. The topological polar surface area (TPSA) is 46.2 Å². The number of hydrogen-bond acceptors (Lipinski definition) is 2. The third-order valence-electron chi connectivity index (χ3n) is 5.72. The van der Waals surface area contributed by atoms with E-state index in [4.69, 9.17) is 11.6 Å². The number of amides is 2. The van der Waals surface area contributed by atoms with Crippen molar-refractivity contribution in [1.29, 1.82) is 0 Å². The molecule has 4 aromatic rings. The molecule has 1 aromatic heterocycles. The van der Waals surface area contributed by atoms with Gasteiger partial charge in [-0.15, -0.1) is 0 Å². The predicted molar refractivity (Wildman–Crippen MR) is 125 cm³/mol. The first-order chi connectivity index (χ1) is 15.5. The number of nitrogens with zero attached hydrogens (tertiary/aromatic N) is 3. The lowest BCUT2D eigenvalue weighted by molar-refractivity contribution is -0.671. The Morgan fingerprint density at radius 2 is 1.78 bits per heavy atom. The number of aromatic nitrogens is 2. The maximum Gasteiger partial charge on any atom is 0.278 e. The minimum atomic E-state index is -0.310. The molecule has 1 heterocycles. The van der Waals surface area contributed by atoms with Crippen molar-refractivity contribution in [2.75, 3.05) is 0 Å². The molecule has 162 valence electrons. The first-order valence-electron chi connectivity index (χ1n) is 10.6. The Morgan fingerprint density at radius 1 is 1.06 bits per heavy atom. The summed E-state index contributed by atoms with van der Waals surface area (Å²) >= 11 is 6.31. The highest BCUT2D eigenvalue weighted by Crippen LogP contribution is 2.22. The summed E-state index contributed by atoms with van der Waals surface area (Å²) < 4.78 is 4.28. The predicted octanol–water partition coefficient (Wildman–Crippen LogP) is 4.76. The highest BCUT2D eigenvalue weighted by molar-refractivity contribution is 6.31. The van der Waals surface area contributed by atoms with Crippen LogP contribution in [0.3, 0.4) is 0 Å². The monoisotopic (exact) mass is 446 g/mol. The number of hydrogen-bond donors (Lipinski definition) is 0. The number of carbonyl (C=O) groups excluding carboxylic acids is 2. The molecule has 0 saturated heterocycles. The highest BCUT2D eigenvalue weighted by atomic mass is 35.5. The van der Waals surface area contributed by atoms with Crippen LogP contribution in [0.15, 0.2) is 72.8 Å². The van der Waals surface area contributed by atoms with Crippen molar-refractivity contribution in [2.45, 2.75) is 33.5 Å². The van der Waals surface area contributed by atoms with Crippen LogP contribution >= 0.6 is 11.6 Å². The van der Waals surface area contributed by atoms with Gasteiger partial charge in [-0.05, 0) is 43.2 Å². The van der Waals surface area contributed by atoms with Gasteiger partial charge in [0.05, 0.1) is 6.54 Å². The molecule has 0 radical (unpaired) electrons. The highest BCUT2D eigenvalue weighted by Gasteiger charge is 2.29. The van der Waals surface area contributed by atoms with E-state index in [2.05, 4.69) is 21.3 Å². The minimum Gasteiger partial charge on any atom is -0.278 e. The summed E-state index contributed by atoms with van der Waals surface area (Å²) in [7, 11) is 0. The molecule has 0 aliphatic rings. The van der Waals surface area contributed by atoms with E-state index in [9.17, 15) is 9.59 Å². The van der Waals surface area contributed by atoms with Gasteiger partial charge >= 0.3 is 0 Å². The van der Waals surface area contributed by atoms with Crippen molar-refractivity contribution in [3.63, 3.8) is 0 Å². The molecule has 0 atom stereocenters. The van der Waals surface area contributed by atoms with E-state index in [0.29, 0.717) is 30.1 Å². The van der Waals surface area contributed by atoms with Gasteiger partial charge in [-0.25, -0.2) is 9.13 Å². The molecule has 0 saturated carbocycles. The number of aryl methyl sites for hydroxylation is 2. The zero-order chi connectivity index (χ0) is 22.7. The van der Waals surface area contributed by atoms with Crippen LogP contribution in [0.2, 0.25) is 5.02 Å². The lowest BCUT2D eigenvalue weighted by Gasteiger charge is -2.16. The van der Waals surface area contributed by atoms with E-state index in [0.717, 1.165) is 28.0 Å². The van der Waals surface area contributed by atoms with Crippen molar-refractivity contribution >= 4 is 35.0 Å². The van der Waals surface area contributed by atoms with Crippen LogP contribution in [-0.4, -0.2) is 21.8 Å². The van der Waals surface area contributed by atoms with Gasteiger partial charge in [-0.3, -0.25) is 14.5 Å². The average Bonchev–Trinajstić information content (AvgIpc) is 3.09. The molecule has 5 nitrogen and oxygen atoms in total. The molecular weight excluding hydrogens is 422 g/mol. The van der Waals surface area contributed by atoms with Crippen LogP contribution in [-0.2, 0) is 24.4 Å². The number of halogens is 1. The molecule has 0 fully saturated rings. The van der Waals surface area contributed by atoms with Crippen LogP contribution in [0.4, 0.5) is 0 Å². The van der Waals surface area contributed by atoms with Gasteiger partial charge in [0, 0.05) is 16.7 Å². The van der Waals surface area contributed by atoms with Crippen molar-refractivity contribution < 1.29 is 14.2 Å². The Kier molecular flexibility index (Phi) is 6.37. The molecule has 0 spiro atoms. The van der Waals surface area contributed by atoms with Crippen molar-refractivity contribution in [3.05, 3.63) is 100 Å². The Bertz CT molecular complexity index is 1280. The van der Waals surface area contributed by atoms with Crippen molar-refractivity contribution in [2.24, 2.45) is 0 Å². The van der Waals surface area contributed by atoms with Gasteiger partial charge in [0.1, 0.15) is 13.1 Å². The quantitative estimate of drug-likeness (QED) is 0.303. The van der Waals surface area contributed by atoms with Crippen molar-refractivity contribution in [1.82, 2.24) is 9.47 Å². The Morgan fingerprint density at radius 3 is 2.47 bits per heavy atom. The van der Waals surface area contributed by atoms with E-state index in [1.165, 1.54) is 4.90 Å². The summed E-state index contributed by atoms with van der Waals surface area (Å²) in [5.41, 5.74) is 4.47. The SMILES string of the molecule is CCn1c(CN(C=O)C(=O)c2ccccc2C)[n+](Cc2ccccc2)c2ccc(Cl)cc21. The molecule has 0 unspecified atom stereocenters. The summed E-state index contributed by atoms with van der Waals surface area (Å²) in [4.78, 5) is 26.5. The molecule has 0 aliphatic heterocycles. The van der Waals surface area contributed by atoms with E-state index in [1.807, 2.05) is 68.4 Å². The fraction of sp³-hybridized carbons (Fsp3) is 0.192. The molecule has 0 N–H and O–H groups in total. The van der Waals surface area contributed by atoms with E-state index in [-0.39, 0.29) is 12.5 Å². The van der Waals surface area contributed by atoms with Crippen LogP contribution in [0, 0.1) is 6.92 Å². The second kappa shape index (κ2) is 9.37. The van der Waals surface area contributed by atoms with Crippen LogP contribution in [0.25, 0.3) is 11.0 Å². The zero-order valence-corrected chi connectivity index (χ0v) is 18.9. The number of imidazole rings is 1. The fourth-order valence-electron chi connectivity index (χ4n) is 4.11. The van der Waals surface area contributed by atoms with Gasteiger partial charge in [-0.2, -0.15) is 0 Å². The maximum atomic E-state index is 13.2. The first-order valence-corrected chi connectivity index (χ1v) is 11.0. The molecule has 2 amide bonds. The lowest BCUT2D eigenvalue weighted by Crippen LogP contribution is -2.42. The third kappa shape index (κ3) is 4.16. The van der Waals surface area contributed by atoms with Gasteiger partial charge in [-0.1, -0.05) is 60.1 Å². The Labute approximate surface area is 192 Å². The second-order valence-electron chi connectivity index (χ2n) is 7.72. The molecule has 4 rings (SSSR count). The molecule has 3 aromatic carbocycles. The second-order valence-corrected chi connectivity index (χ2v) is 8.16. The maximum absolute atomic E-state index is 13.2. The lowest BCUT2D eigenvalue weighted by atomic mass is 10.1. The van der Waals surface area contributed by atoms with Gasteiger partial charge in [0.15, 0.2) is 11.0 Å². The molecule has 0 aliphatic carbocycles. The smallest absolute Gasteiger partial charge is 0.278 e. The molecule has 6 heteroatoms. The number of imide groups is 1. The third-order valence-corrected chi connectivity index (χ3v) is 5.95. The molecule has 0 bridgehead atoms. The number of carbonyl (C=O) groups is 2. The molecule has 32 heavy (non-hydrogen) atoms. The number of benzene rings is 3. The summed E-state index contributed by atoms with van der Waals surface area (Å²) in [5.74, 6) is 0.554. The standard InChI is InChI=1S/C26H25ClN3O2/c1-3-29-24-15-21(27)13-14-23(24)30(16-20-10-5-4-6-11-20)25(29)17-28(18-31)26(32)22-12-8-7-9-19(22)2/h4-15,18H,3,16-17H2,1-2H3/q+1. The van der Waals surface area contributed by atoms with Crippen molar-refractivity contribution in [3.8, 4) is 0 Å². The van der Waals surface area contributed by atoms with E-state index in [1.54, 1.807) is 6.07 Å². The first kappa shape index (κ1) is 21.8. The Balaban J connectivity index is 1.82. The Hall–Kier alpha value is -3.44. The van der Waals surface area contributed by atoms with Crippen LogP contribution in [0.5, 0.6) is 0 Å². The minimum absolute atomic E-state index is 0.156. The normalized spacial score (nSPS) is 11.0. The summed E-state index contributed by atoms with van der Waals surface area (Å²) in [6, 6.07) is 23.2. The van der Waals surface area contributed by atoms with Gasteiger partial charge in [0.25, 0.3) is 11.7 Å².